The highest BCUT2D eigenvalue weighted by Gasteiger charge is 2.43. The summed E-state index contributed by atoms with van der Waals surface area (Å²) in [5, 5.41) is 14.2. The van der Waals surface area contributed by atoms with Crippen LogP contribution in [0.25, 0.3) is 0 Å². The summed E-state index contributed by atoms with van der Waals surface area (Å²) in [6.07, 6.45) is 17.4. The molecule has 1 aliphatic heterocycles. The van der Waals surface area contributed by atoms with Crippen LogP contribution in [0.3, 0.4) is 0 Å². The van der Waals surface area contributed by atoms with Crippen LogP contribution in [0.5, 0.6) is 0 Å². The molecule has 1 heterocycles. The minimum absolute atomic E-state index is 0.0964. The molecule has 4 nitrogen and oxygen atoms in total. The van der Waals surface area contributed by atoms with E-state index >= 15 is 0 Å². The number of ether oxygens (including phenoxy) is 1. The molecule has 160 valence electrons. The smallest absolute Gasteiger partial charge is 0.121 e. The minimum atomic E-state index is -0.542. The summed E-state index contributed by atoms with van der Waals surface area (Å²) in [4.78, 5) is 0. The molecule has 9 atom stereocenters. The van der Waals surface area contributed by atoms with Gasteiger partial charge >= 0.3 is 0 Å². The van der Waals surface area contributed by atoms with E-state index in [0.29, 0.717) is 35.3 Å². The molecule has 1 saturated heterocycles. The average molecular weight is 409 g/mol. The molecule has 4 aliphatic rings. The predicted molar refractivity (Wildman–Crippen MR) is 117 cm³/mol. The number of nitrogens with two attached hydrogens (primary N) is 1. The third-order valence-electron chi connectivity index (χ3n) is 7.63. The maximum Gasteiger partial charge on any atom is 0.121 e. The number of thioether (sulfide) groups is 1. The fourth-order valence-electron chi connectivity index (χ4n) is 5.90. The molecule has 28 heavy (non-hydrogen) atoms. The summed E-state index contributed by atoms with van der Waals surface area (Å²) in [7, 11) is 0. The molecule has 3 fully saturated rings. The predicted octanol–water partition coefficient (Wildman–Crippen LogP) is 4.03. The summed E-state index contributed by atoms with van der Waals surface area (Å²) >= 11 is 2.05. The van der Waals surface area contributed by atoms with Crippen molar-refractivity contribution in [2.75, 3.05) is 5.75 Å². The van der Waals surface area contributed by atoms with Crippen LogP contribution in [0, 0.1) is 23.7 Å². The quantitative estimate of drug-likeness (QED) is 0.599. The third kappa shape index (κ3) is 5.15. The lowest BCUT2D eigenvalue weighted by atomic mass is 9.72. The zero-order chi connectivity index (χ0) is 19.5. The van der Waals surface area contributed by atoms with E-state index in [1.165, 1.54) is 70.0 Å². The molecule has 4 N–H and O–H groups in total. The Balaban J connectivity index is 1.26. The van der Waals surface area contributed by atoms with Gasteiger partial charge in [-0.25, -0.2) is 0 Å². The standard InChI is InChI=1S/C23H40N2O2S/c1-15-9-11-17(12-10-15)27-18-6-4-5-16(13-18)14-28-23-20-8-3-2-7-19(20)21(24)22(26)25-23/h9,11,15-23,25-26H,2-8,10,12-14,24H2,1H3/t15?,16?,17?,18?,19?,20?,21-,22?,23?/m1/s1. The second kappa shape index (κ2) is 9.82. The largest absolute Gasteiger partial charge is 0.377 e. The van der Waals surface area contributed by atoms with Crippen LogP contribution in [-0.4, -0.2) is 40.7 Å². The van der Waals surface area contributed by atoms with Crippen LogP contribution in [0.1, 0.15) is 71.1 Å². The van der Waals surface area contributed by atoms with Gasteiger partial charge in [0.1, 0.15) is 6.23 Å². The van der Waals surface area contributed by atoms with Crippen molar-refractivity contribution in [2.24, 2.45) is 29.4 Å². The Morgan fingerprint density at radius 2 is 1.86 bits per heavy atom. The molecule has 0 spiro atoms. The van der Waals surface area contributed by atoms with Gasteiger partial charge in [0.15, 0.2) is 0 Å². The van der Waals surface area contributed by atoms with Crippen molar-refractivity contribution < 1.29 is 9.84 Å². The number of hydrogen-bond acceptors (Lipinski definition) is 5. The molecular formula is C23H40N2O2S. The minimum Gasteiger partial charge on any atom is -0.377 e. The van der Waals surface area contributed by atoms with E-state index in [2.05, 4.69) is 24.4 Å². The molecule has 4 rings (SSSR count). The van der Waals surface area contributed by atoms with Gasteiger partial charge in [-0.1, -0.05) is 38.3 Å². The zero-order valence-electron chi connectivity index (χ0n) is 17.5. The highest BCUT2D eigenvalue weighted by atomic mass is 32.2. The van der Waals surface area contributed by atoms with Gasteiger partial charge in [-0.05, 0) is 74.4 Å². The first-order valence-electron chi connectivity index (χ1n) is 11.7. The Kier molecular flexibility index (Phi) is 7.43. The van der Waals surface area contributed by atoms with Gasteiger partial charge in [-0.15, -0.1) is 11.8 Å². The van der Waals surface area contributed by atoms with Crippen molar-refractivity contribution in [2.45, 2.75) is 101 Å². The van der Waals surface area contributed by atoms with Gasteiger partial charge in [0, 0.05) is 6.04 Å². The lowest BCUT2D eigenvalue weighted by molar-refractivity contribution is -0.0239. The average Bonchev–Trinajstić information content (AvgIpc) is 2.72. The van der Waals surface area contributed by atoms with Gasteiger partial charge in [-0.3, -0.25) is 5.32 Å². The Hall–Kier alpha value is -0.0700. The third-order valence-corrected chi connectivity index (χ3v) is 9.14. The number of allylic oxidation sites excluding steroid dienone is 1. The molecule has 5 heteroatoms. The van der Waals surface area contributed by atoms with Crippen molar-refractivity contribution in [1.29, 1.82) is 0 Å². The number of rotatable bonds is 5. The first-order valence-corrected chi connectivity index (χ1v) is 12.8. The molecule has 0 aromatic rings. The molecule has 2 saturated carbocycles. The maximum absolute atomic E-state index is 10.4. The van der Waals surface area contributed by atoms with Crippen molar-refractivity contribution in [3.8, 4) is 0 Å². The van der Waals surface area contributed by atoms with Crippen molar-refractivity contribution >= 4 is 11.8 Å². The van der Waals surface area contributed by atoms with E-state index in [0.717, 1.165) is 5.92 Å². The normalized spacial score (nSPS) is 46.9. The van der Waals surface area contributed by atoms with Crippen LogP contribution < -0.4 is 11.1 Å². The number of fused-ring (bicyclic) bond motifs is 1. The number of hydrogen-bond donors (Lipinski definition) is 3. The van der Waals surface area contributed by atoms with E-state index < -0.39 is 6.23 Å². The maximum atomic E-state index is 10.4. The molecule has 3 aliphatic carbocycles. The van der Waals surface area contributed by atoms with Crippen LogP contribution >= 0.6 is 11.8 Å². The Morgan fingerprint density at radius 1 is 1.04 bits per heavy atom. The fraction of sp³-hybridized carbons (Fsp3) is 0.913. The molecule has 0 bridgehead atoms. The summed E-state index contributed by atoms with van der Waals surface area (Å²) in [6.45, 7) is 2.29. The van der Waals surface area contributed by atoms with Crippen molar-refractivity contribution in [1.82, 2.24) is 5.32 Å². The Labute approximate surface area is 175 Å². The number of aliphatic hydroxyl groups excluding tert-OH is 1. The van der Waals surface area contributed by atoms with Crippen LogP contribution in [0.4, 0.5) is 0 Å². The molecule has 8 unspecified atom stereocenters. The van der Waals surface area contributed by atoms with E-state index in [4.69, 9.17) is 10.5 Å². The van der Waals surface area contributed by atoms with Crippen molar-refractivity contribution in [3.05, 3.63) is 12.2 Å². The highest BCUT2D eigenvalue weighted by molar-refractivity contribution is 7.99. The van der Waals surface area contributed by atoms with E-state index in [9.17, 15) is 5.11 Å². The lowest BCUT2D eigenvalue weighted by Crippen LogP contribution is -2.62. The summed E-state index contributed by atoms with van der Waals surface area (Å²) in [5.74, 6) is 3.75. The van der Waals surface area contributed by atoms with Crippen molar-refractivity contribution in [3.63, 3.8) is 0 Å². The monoisotopic (exact) mass is 408 g/mol. The number of piperidine rings is 1. The van der Waals surface area contributed by atoms with E-state index in [1.807, 2.05) is 11.8 Å². The molecular weight excluding hydrogens is 368 g/mol. The highest BCUT2D eigenvalue weighted by Crippen LogP contribution is 2.42. The van der Waals surface area contributed by atoms with Gasteiger partial charge < -0.3 is 15.6 Å². The lowest BCUT2D eigenvalue weighted by Gasteiger charge is -2.47. The van der Waals surface area contributed by atoms with E-state index in [-0.39, 0.29) is 6.04 Å². The topological polar surface area (TPSA) is 67.5 Å². The van der Waals surface area contributed by atoms with Gasteiger partial charge in [0.2, 0.25) is 0 Å². The van der Waals surface area contributed by atoms with Crippen LogP contribution in [0.15, 0.2) is 12.2 Å². The molecule has 0 aromatic carbocycles. The second-order valence-electron chi connectivity index (χ2n) is 9.82. The Morgan fingerprint density at radius 3 is 2.64 bits per heavy atom. The summed E-state index contributed by atoms with van der Waals surface area (Å²) in [6, 6.07) is -0.0964. The van der Waals surface area contributed by atoms with Gasteiger partial charge in [0.05, 0.1) is 17.6 Å². The fourth-order valence-corrected chi connectivity index (χ4v) is 7.50. The molecule has 0 amide bonds. The number of aliphatic hydroxyl groups is 1. The first kappa shape index (κ1) is 21.2. The molecule has 0 aromatic heterocycles. The first-order chi connectivity index (χ1) is 13.6. The SMILES string of the molecule is CC1C=CC(OC2CCCC(CSC3NC(O)[C@H](N)C4CCCCC34)C2)CC1. The zero-order valence-corrected chi connectivity index (χ0v) is 18.3. The summed E-state index contributed by atoms with van der Waals surface area (Å²) in [5.41, 5.74) is 6.31. The van der Waals surface area contributed by atoms with Gasteiger partial charge in [0.25, 0.3) is 0 Å². The summed E-state index contributed by atoms with van der Waals surface area (Å²) < 4.78 is 6.45. The molecule has 0 radical (unpaired) electrons. The Bertz CT molecular complexity index is 531. The second-order valence-corrected chi connectivity index (χ2v) is 11.0. The number of nitrogens with one attached hydrogen (secondary N) is 1. The van der Waals surface area contributed by atoms with Crippen LogP contribution in [0.2, 0.25) is 0 Å². The van der Waals surface area contributed by atoms with E-state index in [1.54, 1.807) is 0 Å². The van der Waals surface area contributed by atoms with Gasteiger partial charge in [-0.2, -0.15) is 0 Å². The van der Waals surface area contributed by atoms with Crippen LogP contribution in [-0.2, 0) is 4.74 Å².